The van der Waals surface area contributed by atoms with Crippen molar-refractivity contribution in [1.29, 1.82) is 0 Å². The van der Waals surface area contributed by atoms with Gasteiger partial charge < -0.3 is 20.5 Å². The number of nitrogens with one attached hydrogen (secondary N) is 2. The molecule has 2 fully saturated rings. The fraction of sp³-hybridized carbons (Fsp3) is 0.647. The first kappa shape index (κ1) is 22.2. The third-order valence-corrected chi connectivity index (χ3v) is 6.78. The van der Waals surface area contributed by atoms with Gasteiger partial charge in [-0.25, -0.2) is 0 Å². The molecule has 0 bridgehead atoms. The Balaban J connectivity index is 1.79. The number of rotatable bonds is 6. The Kier molecular flexibility index (Phi) is 7.66. The maximum absolute atomic E-state index is 13.1. The van der Waals surface area contributed by atoms with E-state index in [-0.39, 0.29) is 5.38 Å². The van der Waals surface area contributed by atoms with Crippen molar-refractivity contribution in [2.75, 3.05) is 54.9 Å². The predicted molar refractivity (Wildman–Crippen MR) is 114 cm³/mol. The molecular formula is C17H26ClN7O3S. The third-order valence-electron chi connectivity index (χ3n) is 5.22. The van der Waals surface area contributed by atoms with Crippen LogP contribution in [0.2, 0.25) is 0 Å². The molecule has 0 aliphatic carbocycles. The van der Waals surface area contributed by atoms with E-state index in [4.69, 9.17) is 17.3 Å². The number of amides is 1. The molecule has 3 heterocycles. The van der Waals surface area contributed by atoms with Gasteiger partial charge in [-0.1, -0.05) is 16.4 Å². The highest BCUT2D eigenvalue weighted by atomic mass is 35.5. The monoisotopic (exact) mass is 443 g/mol. The average Bonchev–Trinajstić information content (AvgIpc) is 2.71. The normalized spacial score (nSPS) is 26.0. The number of alkyl halides is 1. The van der Waals surface area contributed by atoms with E-state index in [2.05, 4.69) is 25.7 Å². The van der Waals surface area contributed by atoms with Crippen molar-refractivity contribution in [2.24, 2.45) is 16.8 Å². The van der Waals surface area contributed by atoms with Crippen LogP contribution in [0.15, 0.2) is 23.6 Å². The Bertz CT molecular complexity index is 722. The van der Waals surface area contributed by atoms with Crippen LogP contribution < -0.4 is 21.3 Å². The van der Waals surface area contributed by atoms with Gasteiger partial charge in [0.25, 0.3) is 0 Å². The first-order valence-corrected chi connectivity index (χ1v) is 11.3. The molecule has 0 spiro atoms. The van der Waals surface area contributed by atoms with Gasteiger partial charge in [-0.05, 0) is 13.1 Å². The van der Waals surface area contributed by atoms with E-state index in [0.717, 1.165) is 5.69 Å². The highest BCUT2D eigenvalue weighted by molar-refractivity contribution is 7.91. The molecule has 10 nitrogen and oxygen atoms in total. The predicted octanol–water partition coefficient (Wildman–Crippen LogP) is -0.275. The topological polar surface area (TPSA) is 139 Å². The molecule has 4 unspecified atom stereocenters. The maximum atomic E-state index is 13.1. The van der Waals surface area contributed by atoms with Crippen LogP contribution in [0.1, 0.15) is 0 Å². The van der Waals surface area contributed by atoms with Gasteiger partial charge in [-0.3, -0.25) is 20.0 Å². The second kappa shape index (κ2) is 10.0. The Labute approximate surface area is 177 Å². The zero-order valence-electron chi connectivity index (χ0n) is 16.2. The van der Waals surface area contributed by atoms with E-state index >= 15 is 0 Å². The molecule has 1 amide bonds. The fourth-order valence-electron chi connectivity index (χ4n) is 3.70. The zero-order valence-corrected chi connectivity index (χ0v) is 17.7. The highest BCUT2D eigenvalue weighted by Gasteiger charge is 2.40. The van der Waals surface area contributed by atoms with E-state index in [0.29, 0.717) is 43.4 Å². The summed E-state index contributed by atoms with van der Waals surface area (Å²) in [5.41, 5.74) is 7.21. The number of nitrogens with two attached hydrogens (primary N) is 1. The van der Waals surface area contributed by atoms with Crippen molar-refractivity contribution in [1.82, 2.24) is 15.2 Å². The number of hydrogen-bond acceptors (Lipinski definition) is 9. The average molecular weight is 444 g/mol. The van der Waals surface area contributed by atoms with Crippen molar-refractivity contribution in [2.45, 2.75) is 17.7 Å². The van der Waals surface area contributed by atoms with Gasteiger partial charge in [0.1, 0.15) is 17.4 Å². The van der Waals surface area contributed by atoms with Crippen LogP contribution in [0.3, 0.4) is 0 Å². The van der Waals surface area contributed by atoms with Crippen LogP contribution in [0, 0.1) is 10.8 Å². The zero-order chi connectivity index (χ0) is 21.0. The lowest BCUT2D eigenvalue weighted by Gasteiger charge is -2.40. The van der Waals surface area contributed by atoms with Gasteiger partial charge in [0.15, 0.2) is 6.17 Å². The Hall–Kier alpha value is -1.50. The van der Waals surface area contributed by atoms with Crippen molar-refractivity contribution >= 4 is 40.1 Å². The molecule has 4 atom stereocenters. The summed E-state index contributed by atoms with van der Waals surface area (Å²) in [4.78, 5) is 32.4. The lowest BCUT2D eigenvalue weighted by molar-refractivity contribution is -0.123. The van der Waals surface area contributed by atoms with Gasteiger partial charge >= 0.3 is 0 Å². The van der Waals surface area contributed by atoms with Gasteiger partial charge in [-0.2, -0.15) is 0 Å². The summed E-state index contributed by atoms with van der Waals surface area (Å²) < 4.78 is 11.7. The van der Waals surface area contributed by atoms with Gasteiger partial charge in [0.05, 0.1) is 42.2 Å². The SMILES string of the molecule is CN1CC(Cl)CNC1C(C(=O)Nc1cnccc1N1CC[S+]([O-])CC1)C(N)N=O. The van der Waals surface area contributed by atoms with Crippen molar-refractivity contribution < 1.29 is 9.35 Å². The minimum atomic E-state index is -1.22. The van der Waals surface area contributed by atoms with Gasteiger partial charge in [-0.15, -0.1) is 16.5 Å². The number of nitrogens with zero attached hydrogens (tertiary/aromatic N) is 4. The molecule has 4 N–H and O–H groups in total. The minimum Gasteiger partial charge on any atom is -0.616 e. The number of anilines is 2. The molecule has 0 saturated carbocycles. The van der Waals surface area contributed by atoms with Crippen LogP contribution in [0.25, 0.3) is 0 Å². The standard InChI is InChI=1S/C17H26ClN7O3S/c1-24-10-11(18)8-21-16(24)14(15(19)23-27)17(26)22-12-9-20-3-2-13(12)25-4-6-29(28)7-5-25/h2-3,9,11,14-16,21H,4-8,10,19H2,1H3,(H,22,26). The molecule has 12 heteroatoms. The van der Waals surface area contributed by atoms with E-state index < -0.39 is 35.3 Å². The van der Waals surface area contributed by atoms with E-state index in [1.165, 1.54) is 0 Å². The van der Waals surface area contributed by atoms with Crippen molar-refractivity contribution in [3.8, 4) is 0 Å². The minimum absolute atomic E-state index is 0.102. The number of halogens is 1. The summed E-state index contributed by atoms with van der Waals surface area (Å²) in [5.74, 6) is -0.184. The molecule has 2 aliphatic heterocycles. The highest BCUT2D eigenvalue weighted by Crippen LogP contribution is 2.28. The third kappa shape index (κ3) is 5.36. The molecule has 29 heavy (non-hydrogen) atoms. The molecule has 160 valence electrons. The van der Waals surface area contributed by atoms with Crippen LogP contribution in [0.5, 0.6) is 0 Å². The first-order chi connectivity index (χ1) is 13.9. The van der Waals surface area contributed by atoms with Crippen LogP contribution in [-0.4, -0.2) is 82.8 Å². The lowest BCUT2D eigenvalue weighted by Crippen LogP contribution is -2.62. The molecule has 2 aliphatic rings. The fourth-order valence-corrected chi connectivity index (χ4v) is 5.06. The first-order valence-electron chi connectivity index (χ1n) is 9.41. The number of pyridine rings is 1. The summed E-state index contributed by atoms with van der Waals surface area (Å²) in [5, 5.41) is 8.85. The van der Waals surface area contributed by atoms with Crippen LogP contribution >= 0.6 is 11.6 Å². The lowest BCUT2D eigenvalue weighted by atomic mass is 9.98. The Morgan fingerprint density at radius 2 is 2.24 bits per heavy atom. The quantitative estimate of drug-likeness (QED) is 0.310. The number of nitroso groups, excluding NO2 is 1. The number of aromatic nitrogens is 1. The van der Waals surface area contributed by atoms with Crippen molar-refractivity contribution in [3.05, 3.63) is 23.4 Å². The van der Waals surface area contributed by atoms with Crippen LogP contribution in [-0.2, 0) is 16.0 Å². The number of hydrogen-bond donors (Lipinski definition) is 3. The molecule has 3 rings (SSSR count). The molecule has 0 radical (unpaired) electrons. The summed E-state index contributed by atoms with van der Waals surface area (Å²) in [6.07, 6.45) is 1.50. The number of carbonyl (C=O) groups is 1. The smallest absolute Gasteiger partial charge is 0.234 e. The number of carbonyl (C=O) groups excluding carboxylic acids is 1. The largest absolute Gasteiger partial charge is 0.616 e. The molecule has 2 saturated heterocycles. The molecule has 1 aromatic rings. The van der Waals surface area contributed by atoms with Gasteiger partial charge in [0, 0.05) is 19.3 Å². The molecule has 1 aromatic heterocycles. The molecule has 0 aromatic carbocycles. The van der Waals surface area contributed by atoms with E-state index in [9.17, 15) is 14.3 Å². The second-order valence-corrected chi connectivity index (χ2v) is 9.54. The summed E-state index contributed by atoms with van der Waals surface area (Å²) in [6, 6.07) is 1.81. The summed E-state index contributed by atoms with van der Waals surface area (Å²) in [7, 11) is 1.81. The van der Waals surface area contributed by atoms with E-state index in [1.54, 1.807) is 18.5 Å². The van der Waals surface area contributed by atoms with Crippen LogP contribution in [0.4, 0.5) is 11.4 Å². The second-order valence-electron chi connectivity index (χ2n) is 7.23. The van der Waals surface area contributed by atoms with Crippen molar-refractivity contribution in [3.63, 3.8) is 0 Å². The van der Waals surface area contributed by atoms with Gasteiger partial charge in [0.2, 0.25) is 5.91 Å². The Morgan fingerprint density at radius 3 is 2.90 bits per heavy atom. The van der Waals surface area contributed by atoms with E-state index in [1.807, 2.05) is 11.9 Å². The maximum Gasteiger partial charge on any atom is 0.234 e. The summed E-state index contributed by atoms with van der Waals surface area (Å²) >= 11 is 5.35. The summed E-state index contributed by atoms with van der Waals surface area (Å²) in [6.45, 7) is 2.30. The Morgan fingerprint density at radius 1 is 1.52 bits per heavy atom. The molecular weight excluding hydrogens is 418 g/mol.